The smallest absolute Gasteiger partial charge is 0.200 e. The van der Waals surface area contributed by atoms with Crippen molar-refractivity contribution in [1.82, 2.24) is 9.97 Å². The lowest BCUT2D eigenvalue weighted by Crippen LogP contribution is -1.84. The Morgan fingerprint density at radius 3 is 2.79 bits per heavy atom. The Morgan fingerprint density at radius 2 is 2.21 bits per heavy atom. The Balaban J connectivity index is 2.47. The zero-order valence-corrected chi connectivity index (χ0v) is 8.27. The maximum Gasteiger partial charge on any atom is 0.200 e. The predicted octanol–water partition coefficient (Wildman–Crippen LogP) is 3.18. The molecule has 1 N–H and O–H groups in total. The molecule has 0 saturated heterocycles. The van der Waals surface area contributed by atoms with Crippen LogP contribution < -0.4 is 0 Å². The number of H-pyrrole nitrogens is 1. The molecule has 0 bridgehead atoms. The fraction of sp³-hybridized carbons (Fsp3) is 0.100. The topological polar surface area (TPSA) is 28.7 Å². The van der Waals surface area contributed by atoms with Crippen LogP contribution in [-0.4, -0.2) is 9.97 Å². The minimum atomic E-state index is -0.209. The minimum absolute atomic E-state index is 0.209. The van der Waals surface area contributed by atoms with E-state index in [1.54, 1.807) is 25.3 Å². The molecule has 0 saturated carbocycles. The van der Waals surface area contributed by atoms with Crippen LogP contribution in [0.1, 0.15) is 5.56 Å². The Hall–Kier alpha value is -1.35. The maximum atomic E-state index is 13.0. The van der Waals surface area contributed by atoms with Crippen LogP contribution in [0.5, 0.6) is 0 Å². The van der Waals surface area contributed by atoms with Gasteiger partial charge in [-0.2, -0.15) is 0 Å². The lowest BCUT2D eigenvalue weighted by atomic mass is 10.1. The average molecular weight is 211 g/mol. The van der Waals surface area contributed by atoms with Gasteiger partial charge in [0.25, 0.3) is 0 Å². The van der Waals surface area contributed by atoms with Crippen molar-refractivity contribution in [3.63, 3.8) is 0 Å². The summed E-state index contributed by atoms with van der Waals surface area (Å²) < 4.78 is 13.0. The molecule has 2 aromatic rings. The second kappa shape index (κ2) is 3.42. The summed E-state index contributed by atoms with van der Waals surface area (Å²) in [6.45, 7) is 1.72. The molecule has 0 aliphatic heterocycles. The van der Waals surface area contributed by atoms with Crippen molar-refractivity contribution in [3.8, 4) is 11.3 Å². The molecule has 72 valence electrons. The number of aromatic amines is 1. The molecule has 0 fully saturated rings. The first-order valence-electron chi connectivity index (χ1n) is 4.14. The molecule has 1 aromatic carbocycles. The average Bonchev–Trinajstić information content (AvgIpc) is 2.57. The quantitative estimate of drug-likeness (QED) is 0.770. The van der Waals surface area contributed by atoms with E-state index < -0.39 is 0 Å². The number of hydrogen-bond acceptors (Lipinski definition) is 1. The lowest BCUT2D eigenvalue weighted by Gasteiger charge is -2.00. The zero-order valence-electron chi connectivity index (χ0n) is 7.51. The van der Waals surface area contributed by atoms with Gasteiger partial charge in [-0.15, -0.1) is 0 Å². The molecule has 1 heterocycles. The van der Waals surface area contributed by atoms with Gasteiger partial charge in [-0.1, -0.05) is 0 Å². The molecule has 4 heteroatoms. The third-order valence-electron chi connectivity index (χ3n) is 2.01. The van der Waals surface area contributed by atoms with Crippen LogP contribution in [0.4, 0.5) is 4.39 Å². The van der Waals surface area contributed by atoms with E-state index in [1.807, 2.05) is 0 Å². The number of benzene rings is 1. The first kappa shape index (κ1) is 9.21. The summed E-state index contributed by atoms with van der Waals surface area (Å²) in [4.78, 5) is 6.73. The highest BCUT2D eigenvalue weighted by Gasteiger charge is 2.03. The third kappa shape index (κ3) is 1.63. The Labute approximate surface area is 85.8 Å². The Kier molecular flexibility index (Phi) is 2.25. The highest BCUT2D eigenvalue weighted by molar-refractivity contribution is 6.28. The molecular formula is C10H8ClFN2. The summed E-state index contributed by atoms with van der Waals surface area (Å²) in [6.07, 6.45) is 1.62. The first-order chi connectivity index (χ1) is 6.66. The third-order valence-corrected chi connectivity index (χ3v) is 2.21. The van der Waals surface area contributed by atoms with Crippen LogP contribution in [0.3, 0.4) is 0 Å². The van der Waals surface area contributed by atoms with Gasteiger partial charge < -0.3 is 4.98 Å². The van der Waals surface area contributed by atoms with E-state index in [1.165, 1.54) is 6.07 Å². The molecular weight excluding hydrogens is 203 g/mol. The SMILES string of the molecule is Cc1cc(-c2cnc(Cl)[nH]2)ccc1F. The second-order valence-corrected chi connectivity index (χ2v) is 3.41. The standard InChI is InChI=1S/C10H8ClFN2/c1-6-4-7(2-3-8(6)12)9-5-13-10(11)14-9/h2-5H,1H3,(H,13,14). The molecule has 0 spiro atoms. The second-order valence-electron chi connectivity index (χ2n) is 3.05. The van der Waals surface area contributed by atoms with Crippen LogP contribution in [0.15, 0.2) is 24.4 Å². The van der Waals surface area contributed by atoms with E-state index in [2.05, 4.69) is 9.97 Å². The van der Waals surface area contributed by atoms with Crippen LogP contribution in [0, 0.1) is 12.7 Å². The monoisotopic (exact) mass is 210 g/mol. The van der Waals surface area contributed by atoms with E-state index in [0.717, 1.165) is 11.3 Å². The molecule has 0 unspecified atom stereocenters. The fourth-order valence-corrected chi connectivity index (χ4v) is 1.41. The summed E-state index contributed by atoms with van der Waals surface area (Å²) in [5.41, 5.74) is 2.27. The summed E-state index contributed by atoms with van der Waals surface area (Å²) in [6, 6.07) is 4.87. The fourth-order valence-electron chi connectivity index (χ4n) is 1.26. The molecule has 2 rings (SSSR count). The number of halogens is 2. The van der Waals surface area contributed by atoms with Gasteiger partial charge >= 0.3 is 0 Å². The number of hydrogen-bond donors (Lipinski definition) is 1. The van der Waals surface area contributed by atoms with E-state index in [9.17, 15) is 4.39 Å². The largest absolute Gasteiger partial charge is 0.329 e. The number of imidazole rings is 1. The van der Waals surface area contributed by atoms with Gasteiger partial charge in [0.1, 0.15) is 5.82 Å². The molecule has 0 amide bonds. The highest BCUT2D eigenvalue weighted by atomic mass is 35.5. The predicted molar refractivity (Wildman–Crippen MR) is 53.7 cm³/mol. The van der Waals surface area contributed by atoms with Crippen molar-refractivity contribution in [3.05, 3.63) is 41.1 Å². The van der Waals surface area contributed by atoms with Gasteiger partial charge in [-0.25, -0.2) is 9.37 Å². The van der Waals surface area contributed by atoms with Crippen molar-refractivity contribution >= 4 is 11.6 Å². The Morgan fingerprint density at radius 1 is 1.43 bits per heavy atom. The van der Waals surface area contributed by atoms with Crippen LogP contribution in [0.25, 0.3) is 11.3 Å². The van der Waals surface area contributed by atoms with Gasteiger partial charge in [0.15, 0.2) is 5.28 Å². The van der Waals surface area contributed by atoms with E-state index in [-0.39, 0.29) is 5.82 Å². The summed E-state index contributed by atoms with van der Waals surface area (Å²) in [5, 5.41) is 0.335. The first-order valence-corrected chi connectivity index (χ1v) is 4.51. The van der Waals surface area contributed by atoms with Crippen LogP contribution >= 0.6 is 11.6 Å². The summed E-state index contributed by atoms with van der Waals surface area (Å²) in [5.74, 6) is -0.209. The van der Waals surface area contributed by atoms with Gasteiger partial charge in [-0.05, 0) is 42.3 Å². The molecule has 2 nitrogen and oxygen atoms in total. The number of nitrogens with one attached hydrogen (secondary N) is 1. The maximum absolute atomic E-state index is 13.0. The number of aryl methyl sites for hydroxylation is 1. The van der Waals surface area contributed by atoms with Crippen molar-refractivity contribution in [2.24, 2.45) is 0 Å². The van der Waals surface area contributed by atoms with E-state index in [0.29, 0.717) is 10.8 Å². The molecule has 1 aromatic heterocycles. The van der Waals surface area contributed by atoms with Gasteiger partial charge in [0.2, 0.25) is 0 Å². The van der Waals surface area contributed by atoms with Crippen LogP contribution in [-0.2, 0) is 0 Å². The summed E-state index contributed by atoms with van der Waals surface area (Å²) in [7, 11) is 0. The van der Waals surface area contributed by atoms with E-state index >= 15 is 0 Å². The van der Waals surface area contributed by atoms with Crippen molar-refractivity contribution in [2.75, 3.05) is 0 Å². The molecule has 0 radical (unpaired) electrons. The lowest BCUT2D eigenvalue weighted by molar-refractivity contribution is 0.619. The van der Waals surface area contributed by atoms with E-state index in [4.69, 9.17) is 11.6 Å². The van der Waals surface area contributed by atoms with Crippen LogP contribution in [0.2, 0.25) is 5.28 Å². The molecule has 14 heavy (non-hydrogen) atoms. The highest BCUT2D eigenvalue weighted by Crippen LogP contribution is 2.20. The zero-order chi connectivity index (χ0) is 10.1. The summed E-state index contributed by atoms with van der Waals surface area (Å²) >= 11 is 5.64. The molecule has 0 aliphatic carbocycles. The number of nitrogens with zero attached hydrogens (tertiary/aromatic N) is 1. The number of rotatable bonds is 1. The van der Waals surface area contributed by atoms with Gasteiger partial charge in [0.05, 0.1) is 11.9 Å². The normalized spacial score (nSPS) is 10.5. The minimum Gasteiger partial charge on any atom is -0.329 e. The van der Waals surface area contributed by atoms with Crippen molar-refractivity contribution in [1.29, 1.82) is 0 Å². The van der Waals surface area contributed by atoms with Gasteiger partial charge in [-0.3, -0.25) is 0 Å². The van der Waals surface area contributed by atoms with Crippen molar-refractivity contribution < 1.29 is 4.39 Å². The van der Waals surface area contributed by atoms with Crippen molar-refractivity contribution in [2.45, 2.75) is 6.92 Å². The van der Waals surface area contributed by atoms with Gasteiger partial charge in [0, 0.05) is 5.56 Å². The molecule has 0 atom stereocenters. The number of aromatic nitrogens is 2. The molecule has 0 aliphatic rings. The Bertz CT molecular complexity index is 465.